The molecule has 0 saturated carbocycles. The molecule has 6 nitrogen and oxygen atoms in total. The van der Waals surface area contributed by atoms with Gasteiger partial charge in [0, 0.05) is 18.7 Å². The van der Waals surface area contributed by atoms with Crippen LogP contribution in [0.4, 0.5) is 0 Å². The fourth-order valence-electron chi connectivity index (χ4n) is 3.22. The van der Waals surface area contributed by atoms with E-state index in [-0.39, 0.29) is 11.6 Å². The third kappa shape index (κ3) is 3.65. The normalized spacial score (nSPS) is 14.9. The van der Waals surface area contributed by atoms with Gasteiger partial charge in [-0.1, -0.05) is 42.5 Å². The van der Waals surface area contributed by atoms with Gasteiger partial charge in [-0.3, -0.25) is 9.78 Å². The number of amides is 1. The van der Waals surface area contributed by atoms with E-state index < -0.39 is 12.1 Å². The maximum Gasteiger partial charge on any atom is 0.359 e. The van der Waals surface area contributed by atoms with Gasteiger partial charge in [-0.25, -0.2) is 9.78 Å². The van der Waals surface area contributed by atoms with Gasteiger partial charge in [0.1, 0.15) is 0 Å². The molecule has 1 amide bonds. The number of para-hydroxylation sites is 2. The summed E-state index contributed by atoms with van der Waals surface area (Å²) in [5, 5.41) is 0. The van der Waals surface area contributed by atoms with E-state index in [1.165, 1.54) is 6.20 Å². The van der Waals surface area contributed by atoms with Crippen molar-refractivity contribution in [2.45, 2.75) is 18.9 Å². The first kappa shape index (κ1) is 17.1. The summed E-state index contributed by atoms with van der Waals surface area (Å²) in [6.07, 6.45) is 2.34. The van der Waals surface area contributed by atoms with Crippen molar-refractivity contribution in [1.29, 1.82) is 0 Å². The first-order valence-corrected chi connectivity index (χ1v) is 8.99. The molecular weight excluding hydrogens is 342 g/mol. The minimum absolute atomic E-state index is 0.0869. The lowest BCUT2D eigenvalue weighted by atomic mass is 10.1. The van der Waals surface area contributed by atoms with E-state index in [1.54, 1.807) is 23.1 Å². The highest BCUT2D eigenvalue weighted by atomic mass is 16.5. The molecule has 3 aromatic rings. The molecular formula is C21H19N3O3. The molecule has 1 saturated heterocycles. The minimum atomic E-state index is -0.981. The molecule has 0 N–H and O–H groups in total. The van der Waals surface area contributed by atoms with E-state index in [2.05, 4.69) is 9.97 Å². The fourth-order valence-corrected chi connectivity index (χ4v) is 3.22. The summed E-state index contributed by atoms with van der Waals surface area (Å²) in [6.45, 7) is 1.38. The van der Waals surface area contributed by atoms with Crippen LogP contribution < -0.4 is 0 Å². The van der Waals surface area contributed by atoms with Crippen molar-refractivity contribution in [2.24, 2.45) is 0 Å². The third-order valence-corrected chi connectivity index (χ3v) is 4.63. The highest BCUT2D eigenvalue weighted by Crippen LogP contribution is 2.24. The average molecular weight is 361 g/mol. The molecule has 0 aliphatic carbocycles. The lowest BCUT2D eigenvalue weighted by Crippen LogP contribution is -2.35. The standard InChI is InChI=1S/C21H19N3O3/c25-20(24-12-6-7-13-24)19(15-8-2-1-3-9-15)27-21(26)18-14-22-16-10-4-5-11-17(16)23-18/h1-5,8-11,14,19H,6-7,12-13H2. The van der Waals surface area contributed by atoms with Crippen molar-refractivity contribution in [1.82, 2.24) is 14.9 Å². The molecule has 1 aromatic heterocycles. The fraction of sp³-hybridized carbons (Fsp3) is 0.238. The van der Waals surface area contributed by atoms with E-state index >= 15 is 0 Å². The van der Waals surface area contributed by atoms with Crippen LogP contribution in [0.15, 0.2) is 60.8 Å². The number of benzene rings is 2. The Kier molecular flexibility index (Phi) is 4.78. The van der Waals surface area contributed by atoms with Crippen LogP contribution in [0, 0.1) is 0 Å². The van der Waals surface area contributed by atoms with Crippen LogP contribution in [0.25, 0.3) is 11.0 Å². The summed E-state index contributed by atoms with van der Waals surface area (Å²) in [5.41, 5.74) is 2.04. The van der Waals surface area contributed by atoms with Crippen LogP contribution in [0.5, 0.6) is 0 Å². The summed E-state index contributed by atoms with van der Waals surface area (Å²) in [7, 11) is 0. The lowest BCUT2D eigenvalue weighted by molar-refractivity contribution is -0.140. The average Bonchev–Trinajstić information content (AvgIpc) is 3.26. The molecule has 0 spiro atoms. The molecule has 1 aliphatic heterocycles. The predicted molar refractivity (Wildman–Crippen MR) is 100.0 cm³/mol. The Morgan fingerprint density at radius 2 is 1.59 bits per heavy atom. The second kappa shape index (κ2) is 7.53. The quantitative estimate of drug-likeness (QED) is 0.668. The van der Waals surface area contributed by atoms with Gasteiger partial charge in [0.15, 0.2) is 5.69 Å². The molecule has 2 heterocycles. The summed E-state index contributed by atoms with van der Waals surface area (Å²) >= 11 is 0. The van der Waals surface area contributed by atoms with Crippen molar-refractivity contribution >= 4 is 22.9 Å². The SMILES string of the molecule is O=C(OC(C(=O)N1CCCC1)c1ccccc1)c1cnc2ccccc2n1. The number of likely N-dealkylation sites (tertiary alicyclic amines) is 1. The number of hydrogen-bond donors (Lipinski definition) is 0. The van der Waals surface area contributed by atoms with Gasteiger partial charge in [-0.15, -0.1) is 0 Å². The predicted octanol–water partition coefficient (Wildman–Crippen LogP) is 3.15. The second-order valence-corrected chi connectivity index (χ2v) is 6.47. The highest BCUT2D eigenvalue weighted by Gasteiger charge is 2.31. The number of hydrogen-bond acceptors (Lipinski definition) is 5. The first-order chi connectivity index (χ1) is 13.2. The smallest absolute Gasteiger partial charge is 0.359 e. The van der Waals surface area contributed by atoms with Gasteiger partial charge >= 0.3 is 5.97 Å². The number of rotatable bonds is 4. The van der Waals surface area contributed by atoms with Crippen LogP contribution in [-0.2, 0) is 9.53 Å². The number of carbonyl (C=O) groups is 2. The van der Waals surface area contributed by atoms with E-state index in [4.69, 9.17) is 4.74 Å². The monoisotopic (exact) mass is 361 g/mol. The number of carbonyl (C=O) groups excluding carboxylic acids is 2. The van der Waals surface area contributed by atoms with Crippen LogP contribution >= 0.6 is 0 Å². The van der Waals surface area contributed by atoms with Gasteiger partial charge in [-0.2, -0.15) is 0 Å². The molecule has 0 bridgehead atoms. The van der Waals surface area contributed by atoms with Crippen molar-refractivity contribution in [3.05, 3.63) is 72.1 Å². The zero-order valence-electron chi connectivity index (χ0n) is 14.7. The summed E-state index contributed by atoms with van der Waals surface area (Å²) in [5.74, 6) is -0.851. The molecule has 1 fully saturated rings. The highest BCUT2D eigenvalue weighted by molar-refractivity contribution is 5.92. The summed E-state index contributed by atoms with van der Waals surface area (Å²) in [4.78, 5) is 35.9. The van der Waals surface area contributed by atoms with Crippen molar-refractivity contribution in [2.75, 3.05) is 13.1 Å². The van der Waals surface area contributed by atoms with Gasteiger partial charge < -0.3 is 9.64 Å². The van der Waals surface area contributed by atoms with E-state index in [9.17, 15) is 9.59 Å². The van der Waals surface area contributed by atoms with Crippen molar-refractivity contribution in [3.63, 3.8) is 0 Å². The number of ether oxygens (including phenoxy) is 1. The number of esters is 1. The Morgan fingerprint density at radius 3 is 2.33 bits per heavy atom. The zero-order chi connectivity index (χ0) is 18.6. The number of nitrogens with zero attached hydrogens (tertiary/aromatic N) is 3. The molecule has 1 atom stereocenters. The zero-order valence-corrected chi connectivity index (χ0v) is 14.7. The minimum Gasteiger partial charge on any atom is -0.443 e. The number of aromatic nitrogens is 2. The Bertz CT molecular complexity index is 969. The Hall–Kier alpha value is -3.28. The van der Waals surface area contributed by atoms with Crippen LogP contribution in [-0.4, -0.2) is 39.8 Å². The van der Waals surface area contributed by atoms with Crippen LogP contribution in [0.1, 0.15) is 35.0 Å². The second-order valence-electron chi connectivity index (χ2n) is 6.47. The van der Waals surface area contributed by atoms with Gasteiger partial charge in [-0.05, 0) is 25.0 Å². The maximum absolute atomic E-state index is 12.9. The molecule has 0 radical (unpaired) electrons. The molecule has 4 rings (SSSR count). The Labute approximate surface area is 156 Å². The summed E-state index contributed by atoms with van der Waals surface area (Å²) in [6, 6.07) is 16.4. The molecule has 2 aromatic carbocycles. The van der Waals surface area contributed by atoms with Crippen molar-refractivity contribution in [3.8, 4) is 0 Å². The molecule has 6 heteroatoms. The first-order valence-electron chi connectivity index (χ1n) is 8.99. The molecule has 1 unspecified atom stereocenters. The maximum atomic E-state index is 12.9. The topological polar surface area (TPSA) is 72.4 Å². The Morgan fingerprint density at radius 1 is 0.926 bits per heavy atom. The van der Waals surface area contributed by atoms with Crippen molar-refractivity contribution < 1.29 is 14.3 Å². The number of fused-ring (bicyclic) bond motifs is 1. The summed E-state index contributed by atoms with van der Waals surface area (Å²) < 4.78 is 5.61. The largest absolute Gasteiger partial charge is 0.443 e. The third-order valence-electron chi connectivity index (χ3n) is 4.63. The van der Waals surface area contributed by atoms with Crippen LogP contribution in [0.2, 0.25) is 0 Å². The molecule has 27 heavy (non-hydrogen) atoms. The van der Waals surface area contributed by atoms with E-state index in [1.807, 2.05) is 36.4 Å². The van der Waals surface area contributed by atoms with Crippen LogP contribution in [0.3, 0.4) is 0 Å². The van der Waals surface area contributed by atoms with E-state index in [0.29, 0.717) is 29.7 Å². The Balaban J connectivity index is 1.61. The van der Waals surface area contributed by atoms with Gasteiger partial charge in [0.05, 0.1) is 17.2 Å². The van der Waals surface area contributed by atoms with Gasteiger partial charge in [0.25, 0.3) is 5.91 Å². The molecule has 136 valence electrons. The van der Waals surface area contributed by atoms with Gasteiger partial charge in [0.2, 0.25) is 6.10 Å². The molecule has 1 aliphatic rings. The lowest BCUT2D eigenvalue weighted by Gasteiger charge is -2.23. The van der Waals surface area contributed by atoms with E-state index in [0.717, 1.165) is 12.8 Å².